The van der Waals surface area contributed by atoms with Gasteiger partial charge < -0.3 is 14.6 Å². The van der Waals surface area contributed by atoms with Crippen molar-refractivity contribution in [3.05, 3.63) is 0 Å². The Kier molecular flexibility index (Phi) is 4.54. The van der Waals surface area contributed by atoms with Gasteiger partial charge in [-0.15, -0.1) is 0 Å². The van der Waals surface area contributed by atoms with Crippen molar-refractivity contribution in [3.8, 4) is 0 Å². The Morgan fingerprint density at radius 3 is 2.67 bits per heavy atom. The van der Waals surface area contributed by atoms with Crippen molar-refractivity contribution in [1.82, 2.24) is 0 Å². The largest absolute Gasteiger partial charge is 0.466 e. The number of carbonyl (C=O) groups is 1. The maximum Gasteiger partial charge on any atom is 0.305 e. The summed E-state index contributed by atoms with van der Waals surface area (Å²) in [6, 6.07) is 0. The van der Waals surface area contributed by atoms with Crippen LogP contribution in [0.25, 0.3) is 0 Å². The van der Waals surface area contributed by atoms with E-state index < -0.39 is 5.60 Å². The highest BCUT2D eigenvalue weighted by Gasteiger charge is 2.43. The maximum absolute atomic E-state index is 11.2. The third kappa shape index (κ3) is 3.80. The number of esters is 1. The molecule has 0 bridgehead atoms. The second-order valence-corrected chi connectivity index (χ2v) is 4.12. The van der Waals surface area contributed by atoms with Gasteiger partial charge in [0.05, 0.1) is 18.8 Å². The van der Waals surface area contributed by atoms with Crippen LogP contribution < -0.4 is 0 Å². The van der Waals surface area contributed by atoms with E-state index in [1.165, 1.54) is 0 Å². The normalized spacial score (nSPS) is 19.7. The zero-order chi connectivity index (χ0) is 11.3. The summed E-state index contributed by atoms with van der Waals surface area (Å²) in [5, 5.41) is 10.2. The van der Waals surface area contributed by atoms with E-state index in [2.05, 4.69) is 0 Å². The van der Waals surface area contributed by atoms with Crippen LogP contribution in [0.4, 0.5) is 0 Å². The SMILES string of the molecule is CCOC(=O)CCC(O)(COC)C1CC1. The highest BCUT2D eigenvalue weighted by atomic mass is 16.5. The summed E-state index contributed by atoms with van der Waals surface area (Å²) in [7, 11) is 1.57. The standard InChI is InChI=1S/C11H20O4/c1-3-15-10(12)6-7-11(13,8-14-2)9-4-5-9/h9,13H,3-8H2,1-2H3. The van der Waals surface area contributed by atoms with Crippen LogP contribution in [0.1, 0.15) is 32.6 Å². The van der Waals surface area contributed by atoms with Crippen LogP contribution >= 0.6 is 0 Å². The molecule has 1 fully saturated rings. The van der Waals surface area contributed by atoms with Crippen molar-refractivity contribution in [2.75, 3.05) is 20.3 Å². The molecular formula is C11H20O4. The summed E-state index contributed by atoms with van der Waals surface area (Å²) < 4.78 is 9.82. The summed E-state index contributed by atoms with van der Waals surface area (Å²) in [4.78, 5) is 11.2. The van der Waals surface area contributed by atoms with Gasteiger partial charge in [-0.2, -0.15) is 0 Å². The molecule has 1 N–H and O–H groups in total. The molecule has 0 spiro atoms. The summed E-state index contributed by atoms with van der Waals surface area (Å²) >= 11 is 0. The molecule has 0 aliphatic heterocycles. The first-order valence-corrected chi connectivity index (χ1v) is 5.49. The molecule has 0 aromatic rings. The monoisotopic (exact) mass is 216 g/mol. The van der Waals surface area contributed by atoms with Crippen molar-refractivity contribution in [2.24, 2.45) is 5.92 Å². The van der Waals surface area contributed by atoms with Crippen LogP contribution in [0.5, 0.6) is 0 Å². The molecular weight excluding hydrogens is 196 g/mol. The Labute approximate surface area is 90.6 Å². The van der Waals surface area contributed by atoms with Crippen LogP contribution in [0, 0.1) is 5.92 Å². The molecule has 0 aromatic carbocycles. The number of methoxy groups -OCH3 is 1. The fraction of sp³-hybridized carbons (Fsp3) is 0.909. The lowest BCUT2D eigenvalue weighted by atomic mass is 9.93. The van der Waals surface area contributed by atoms with E-state index in [-0.39, 0.29) is 12.4 Å². The predicted octanol–water partition coefficient (Wildman–Crippen LogP) is 1.12. The van der Waals surface area contributed by atoms with Crippen molar-refractivity contribution >= 4 is 5.97 Å². The van der Waals surface area contributed by atoms with Gasteiger partial charge in [0, 0.05) is 13.5 Å². The summed E-state index contributed by atoms with van der Waals surface area (Å²) in [5.74, 6) is 0.0551. The minimum absolute atomic E-state index is 0.243. The van der Waals surface area contributed by atoms with E-state index in [9.17, 15) is 9.90 Å². The average Bonchev–Trinajstić information content (AvgIpc) is 2.99. The van der Waals surface area contributed by atoms with E-state index in [0.717, 1.165) is 12.8 Å². The average molecular weight is 216 g/mol. The lowest BCUT2D eigenvalue weighted by molar-refractivity contribution is -0.145. The Hall–Kier alpha value is -0.610. The molecule has 0 radical (unpaired) electrons. The molecule has 1 saturated carbocycles. The second kappa shape index (κ2) is 5.47. The number of hydrogen-bond acceptors (Lipinski definition) is 4. The van der Waals surface area contributed by atoms with E-state index in [4.69, 9.17) is 9.47 Å². The lowest BCUT2D eigenvalue weighted by Gasteiger charge is -2.26. The third-order valence-electron chi connectivity index (χ3n) is 2.80. The Bertz CT molecular complexity index is 213. The summed E-state index contributed by atoms with van der Waals surface area (Å²) in [6.07, 6.45) is 2.76. The first-order chi connectivity index (χ1) is 7.12. The van der Waals surface area contributed by atoms with Gasteiger partial charge in [-0.1, -0.05) is 0 Å². The van der Waals surface area contributed by atoms with E-state index in [1.54, 1.807) is 14.0 Å². The molecule has 1 unspecified atom stereocenters. The van der Waals surface area contributed by atoms with E-state index in [1.807, 2.05) is 0 Å². The van der Waals surface area contributed by atoms with Crippen molar-refractivity contribution in [2.45, 2.75) is 38.2 Å². The zero-order valence-corrected chi connectivity index (χ0v) is 9.49. The van der Waals surface area contributed by atoms with Gasteiger partial charge in [0.25, 0.3) is 0 Å². The van der Waals surface area contributed by atoms with Gasteiger partial charge in [0.2, 0.25) is 0 Å². The van der Waals surface area contributed by atoms with Gasteiger partial charge in [-0.05, 0) is 32.1 Å². The molecule has 1 aliphatic rings. The van der Waals surface area contributed by atoms with Crippen LogP contribution in [0.15, 0.2) is 0 Å². The molecule has 1 atom stereocenters. The first-order valence-electron chi connectivity index (χ1n) is 5.49. The predicted molar refractivity (Wildman–Crippen MR) is 55.4 cm³/mol. The Balaban J connectivity index is 2.34. The Morgan fingerprint density at radius 1 is 1.53 bits per heavy atom. The zero-order valence-electron chi connectivity index (χ0n) is 9.49. The summed E-state index contributed by atoms with van der Waals surface area (Å²) in [6.45, 7) is 2.47. The molecule has 88 valence electrons. The number of rotatable bonds is 7. The van der Waals surface area contributed by atoms with Gasteiger partial charge in [0.15, 0.2) is 0 Å². The molecule has 1 rings (SSSR count). The van der Waals surface area contributed by atoms with E-state index >= 15 is 0 Å². The van der Waals surface area contributed by atoms with Gasteiger partial charge in [0.1, 0.15) is 0 Å². The second-order valence-electron chi connectivity index (χ2n) is 4.12. The van der Waals surface area contributed by atoms with Crippen LogP contribution in [-0.4, -0.2) is 37.0 Å². The van der Waals surface area contributed by atoms with Crippen molar-refractivity contribution < 1.29 is 19.4 Å². The molecule has 4 heteroatoms. The molecule has 0 amide bonds. The Morgan fingerprint density at radius 2 is 2.20 bits per heavy atom. The number of carbonyl (C=O) groups excluding carboxylic acids is 1. The van der Waals surface area contributed by atoms with Crippen LogP contribution in [0.3, 0.4) is 0 Å². The van der Waals surface area contributed by atoms with Crippen LogP contribution in [0.2, 0.25) is 0 Å². The maximum atomic E-state index is 11.2. The molecule has 4 nitrogen and oxygen atoms in total. The fourth-order valence-corrected chi connectivity index (χ4v) is 1.82. The first kappa shape index (κ1) is 12.5. The van der Waals surface area contributed by atoms with Crippen molar-refractivity contribution in [1.29, 1.82) is 0 Å². The van der Waals surface area contributed by atoms with Crippen molar-refractivity contribution in [3.63, 3.8) is 0 Å². The summed E-state index contributed by atoms with van der Waals surface area (Å²) in [5.41, 5.74) is -0.832. The molecule has 0 aromatic heterocycles. The molecule has 15 heavy (non-hydrogen) atoms. The van der Waals surface area contributed by atoms with E-state index in [0.29, 0.717) is 25.6 Å². The lowest BCUT2D eigenvalue weighted by Crippen LogP contribution is -2.37. The number of hydrogen-bond donors (Lipinski definition) is 1. The topological polar surface area (TPSA) is 55.8 Å². The highest BCUT2D eigenvalue weighted by molar-refractivity contribution is 5.69. The number of aliphatic hydroxyl groups is 1. The smallest absolute Gasteiger partial charge is 0.305 e. The number of ether oxygens (including phenoxy) is 2. The highest BCUT2D eigenvalue weighted by Crippen LogP contribution is 2.42. The quantitative estimate of drug-likeness (QED) is 0.648. The molecule has 0 saturated heterocycles. The molecule has 1 aliphatic carbocycles. The fourth-order valence-electron chi connectivity index (χ4n) is 1.82. The van der Waals surface area contributed by atoms with Crippen LogP contribution in [-0.2, 0) is 14.3 Å². The molecule has 0 heterocycles. The minimum Gasteiger partial charge on any atom is -0.466 e. The minimum atomic E-state index is -0.832. The van der Waals surface area contributed by atoms with Gasteiger partial charge in [-0.25, -0.2) is 0 Å². The van der Waals surface area contributed by atoms with Gasteiger partial charge >= 0.3 is 5.97 Å². The van der Waals surface area contributed by atoms with Gasteiger partial charge in [-0.3, -0.25) is 4.79 Å². The third-order valence-corrected chi connectivity index (χ3v) is 2.80.